The molecule has 0 saturated carbocycles. The first-order valence-electron chi connectivity index (χ1n) is 5.20. The fourth-order valence-corrected chi connectivity index (χ4v) is 1.67. The fourth-order valence-electron chi connectivity index (χ4n) is 1.51. The van der Waals surface area contributed by atoms with E-state index in [-0.39, 0.29) is 5.82 Å². The summed E-state index contributed by atoms with van der Waals surface area (Å²) in [5.41, 5.74) is 1.22. The van der Waals surface area contributed by atoms with Crippen molar-refractivity contribution in [1.82, 2.24) is 9.78 Å². The molecule has 1 aromatic heterocycles. The zero-order chi connectivity index (χ0) is 12.4. The molecule has 1 N–H and O–H groups in total. The molecule has 1 unspecified atom stereocenters. The number of benzene rings is 1. The zero-order valence-corrected chi connectivity index (χ0v) is 10.0. The summed E-state index contributed by atoms with van der Waals surface area (Å²) in [5, 5.41) is 13.8. The van der Waals surface area contributed by atoms with E-state index in [2.05, 4.69) is 5.10 Å². The molecule has 3 nitrogen and oxygen atoms in total. The summed E-state index contributed by atoms with van der Waals surface area (Å²) in [6.45, 7) is 1.97. The summed E-state index contributed by atoms with van der Waals surface area (Å²) in [4.78, 5) is 0. The molecule has 0 aliphatic carbocycles. The van der Waals surface area contributed by atoms with E-state index in [0.29, 0.717) is 22.7 Å². The fraction of sp³-hybridized carbons (Fsp3) is 0.250. The standard InChI is InChI=1S/C12H12ClFN2O/c1-8(17)10-5-15-16(7-10)6-9-2-3-11(13)4-12(9)14/h2-5,7-8,17H,6H2,1H3. The molecule has 17 heavy (non-hydrogen) atoms. The molecule has 1 heterocycles. The number of halogens is 2. The van der Waals surface area contributed by atoms with E-state index in [1.165, 1.54) is 6.07 Å². The maximum atomic E-state index is 13.5. The lowest BCUT2D eigenvalue weighted by atomic mass is 10.2. The van der Waals surface area contributed by atoms with Crippen LogP contribution in [-0.2, 0) is 6.54 Å². The largest absolute Gasteiger partial charge is 0.389 e. The van der Waals surface area contributed by atoms with E-state index in [1.807, 2.05) is 0 Å². The molecule has 5 heteroatoms. The average molecular weight is 255 g/mol. The highest BCUT2D eigenvalue weighted by Crippen LogP contribution is 2.16. The second-order valence-corrected chi connectivity index (χ2v) is 4.32. The molecule has 0 spiro atoms. The maximum Gasteiger partial charge on any atom is 0.129 e. The average Bonchev–Trinajstić information content (AvgIpc) is 2.71. The van der Waals surface area contributed by atoms with E-state index in [1.54, 1.807) is 36.1 Å². The molecule has 0 aliphatic rings. The summed E-state index contributed by atoms with van der Waals surface area (Å²) >= 11 is 5.67. The van der Waals surface area contributed by atoms with Gasteiger partial charge in [-0.2, -0.15) is 5.10 Å². The van der Waals surface area contributed by atoms with Crippen molar-refractivity contribution < 1.29 is 9.50 Å². The first-order valence-corrected chi connectivity index (χ1v) is 5.58. The summed E-state index contributed by atoms with van der Waals surface area (Å²) in [6.07, 6.45) is 2.69. The van der Waals surface area contributed by atoms with Gasteiger partial charge in [-0.05, 0) is 19.1 Å². The molecule has 0 aliphatic heterocycles. The number of hydrogen-bond acceptors (Lipinski definition) is 2. The monoisotopic (exact) mass is 254 g/mol. The van der Waals surface area contributed by atoms with Crippen LogP contribution in [0.2, 0.25) is 5.02 Å². The zero-order valence-electron chi connectivity index (χ0n) is 9.27. The summed E-state index contributed by atoms with van der Waals surface area (Å²) in [7, 11) is 0. The van der Waals surface area contributed by atoms with Gasteiger partial charge in [0, 0.05) is 22.3 Å². The third-order valence-corrected chi connectivity index (χ3v) is 2.72. The lowest BCUT2D eigenvalue weighted by molar-refractivity contribution is 0.199. The number of nitrogens with zero attached hydrogens (tertiary/aromatic N) is 2. The van der Waals surface area contributed by atoms with Crippen LogP contribution in [0.15, 0.2) is 30.6 Å². The quantitative estimate of drug-likeness (QED) is 0.915. The van der Waals surface area contributed by atoms with Crippen molar-refractivity contribution in [1.29, 1.82) is 0 Å². The van der Waals surface area contributed by atoms with Crippen LogP contribution in [0.4, 0.5) is 4.39 Å². The van der Waals surface area contributed by atoms with E-state index in [4.69, 9.17) is 11.6 Å². The van der Waals surface area contributed by atoms with Crippen molar-refractivity contribution in [2.45, 2.75) is 19.6 Å². The number of hydrogen-bond donors (Lipinski definition) is 1. The molecule has 0 saturated heterocycles. The first-order chi connectivity index (χ1) is 8.06. The third-order valence-electron chi connectivity index (χ3n) is 2.48. The van der Waals surface area contributed by atoms with Crippen molar-refractivity contribution in [3.05, 3.63) is 52.6 Å². The van der Waals surface area contributed by atoms with Crippen LogP contribution in [0.5, 0.6) is 0 Å². The van der Waals surface area contributed by atoms with E-state index >= 15 is 0 Å². The Labute approximate surface area is 103 Å². The van der Waals surface area contributed by atoms with Crippen molar-refractivity contribution in [3.8, 4) is 0 Å². The Morgan fingerprint density at radius 3 is 2.88 bits per heavy atom. The topological polar surface area (TPSA) is 38.1 Å². The Balaban J connectivity index is 2.19. The molecule has 90 valence electrons. The van der Waals surface area contributed by atoms with Crippen molar-refractivity contribution >= 4 is 11.6 Å². The molecule has 0 fully saturated rings. The van der Waals surface area contributed by atoms with Crippen LogP contribution in [-0.4, -0.2) is 14.9 Å². The normalized spacial score (nSPS) is 12.7. The van der Waals surface area contributed by atoms with Gasteiger partial charge in [0.2, 0.25) is 0 Å². The van der Waals surface area contributed by atoms with Gasteiger partial charge < -0.3 is 5.11 Å². The predicted octanol–water partition coefficient (Wildman–Crippen LogP) is 2.78. The molecule has 0 amide bonds. The summed E-state index contributed by atoms with van der Waals surface area (Å²) in [5.74, 6) is -0.355. The Morgan fingerprint density at radius 2 is 2.29 bits per heavy atom. The van der Waals surface area contributed by atoms with Crippen molar-refractivity contribution in [2.75, 3.05) is 0 Å². The van der Waals surface area contributed by atoms with Gasteiger partial charge in [0.1, 0.15) is 5.82 Å². The van der Waals surface area contributed by atoms with Gasteiger partial charge in [0.15, 0.2) is 0 Å². The highest BCUT2D eigenvalue weighted by Gasteiger charge is 2.07. The molecule has 1 aromatic carbocycles. The molecule has 2 rings (SSSR count). The van der Waals surface area contributed by atoms with Crippen molar-refractivity contribution in [3.63, 3.8) is 0 Å². The van der Waals surface area contributed by atoms with Crippen LogP contribution >= 0.6 is 11.6 Å². The molecular weight excluding hydrogens is 243 g/mol. The van der Waals surface area contributed by atoms with Gasteiger partial charge >= 0.3 is 0 Å². The first kappa shape index (κ1) is 12.1. The van der Waals surface area contributed by atoms with E-state index in [0.717, 1.165) is 0 Å². The lowest BCUT2D eigenvalue weighted by Gasteiger charge is -2.04. The van der Waals surface area contributed by atoms with Crippen molar-refractivity contribution in [2.24, 2.45) is 0 Å². The molecule has 2 aromatic rings. The molecule has 0 bridgehead atoms. The lowest BCUT2D eigenvalue weighted by Crippen LogP contribution is -2.02. The Hall–Kier alpha value is -1.39. The van der Waals surface area contributed by atoms with Gasteiger partial charge in [-0.3, -0.25) is 4.68 Å². The van der Waals surface area contributed by atoms with Crippen LogP contribution < -0.4 is 0 Å². The number of aliphatic hydroxyl groups excluding tert-OH is 1. The Morgan fingerprint density at radius 1 is 1.53 bits per heavy atom. The SMILES string of the molecule is CC(O)c1cnn(Cc2ccc(Cl)cc2F)c1. The minimum absolute atomic E-state index is 0.315. The van der Waals surface area contributed by atoms with Crippen LogP contribution in [0.3, 0.4) is 0 Å². The minimum atomic E-state index is -0.571. The highest BCUT2D eigenvalue weighted by atomic mass is 35.5. The van der Waals surface area contributed by atoms with Crippen LogP contribution in [0.25, 0.3) is 0 Å². The van der Waals surface area contributed by atoms with Gasteiger partial charge in [-0.1, -0.05) is 17.7 Å². The Kier molecular flexibility index (Phi) is 3.45. The van der Waals surface area contributed by atoms with Gasteiger partial charge in [0.25, 0.3) is 0 Å². The van der Waals surface area contributed by atoms with Crippen LogP contribution in [0.1, 0.15) is 24.2 Å². The second kappa shape index (κ2) is 4.85. The molecule has 0 radical (unpaired) electrons. The predicted molar refractivity (Wildman–Crippen MR) is 63.4 cm³/mol. The number of aliphatic hydroxyl groups is 1. The minimum Gasteiger partial charge on any atom is -0.389 e. The molecular formula is C12H12ClFN2O. The number of rotatable bonds is 3. The van der Waals surface area contributed by atoms with E-state index in [9.17, 15) is 9.50 Å². The summed E-state index contributed by atoms with van der Waals surface area (Å²) in [6, 6.07) is 4.54. The Bertz CT molecular complexity index is 525. The van der Waals surface area contributed by atoms with Gasteiger partial charge in [-0.25, -0.2) is 4.39 Å². The highest BCUT2D eigenvalue weighted by molar-refractivity contribution is 6.30. The van der Waals surface area contributed by atoms with Crippen LogP contribution in [0, 0.1) is 5.82 Å². The summed E-state index contributed by atoms with van der Waals surface area (Å²) < 4.78 is 15.1. The van der Waals surface area contributed by atoms with E-state index < -0.39 is 6.10 Å². The van der Waals surface area contributed by atoms with Gasteiger partial charge in [0.05, 0.1) is 18.8 Å². The van der Waals surface area contributed by atoms with Gasteiger partial charge in [-0.15, -0.1) is 0 Å². The second-order valence-electron chi connectivity index (χ2n) is 3.88. The molecule has 1 atom stereocenters. The smallest absolute Gasteiger partial charge is 0.129 e. The third kappa shape index (κ3) is 2.84. The number of aromatic nitrogens is 2. The maximum absolute atomic E-state index is 13.5.